The Morgan fingerprint density at radius 2 is 2.35 bits per heavy atom. The topological polar surface area (TPSA) is 47.3 Å². The van der Waals surface area contributed by atoms with Crippen LogP contribution in [-0.2, 0) is 18.2 Å². The quantitative estimate of drug-likeness (QED) is 0.871. The Bertz CT molecular complexity index is 391. The minimum Gasteiger partial charge on any atom is -0.389 e. The molecule has 1 aromatic rings. The van der Waals surface area contributed by atoms with Gasteiger partial charge in [-0.25, -0.2) is 0 Å². The predicted molar refractivity (Wildman–Crippen MR) is 65.7 cm³/mol. The van der Waals surface area contributed by atoms with Gasteiger partial charge in [0.2, 0.25) is 0 Å². The lowest BCUT2D eigenvalue weighted by molar-refractivity contribution is -0.152. The summed E-state index contributed by atoms with van der Waals surface area (Å²) in [6.07, 6.45) is 6.80. The lowest BCUT2D eigenvalue weighted by Crippen LogP contribution is -2.48. The van der Waals surface area contributed by atoms with Crippen molar-refractivity contribution in [1.29, 1.82) is 0 Å². The van der Waals surface area contributed by atoms with Crippen LogP contribution in [-0.4, -0.2) is 32.7 Å². The van der Waals surface area contributed by atoms with Gasteiger partial charge in [-0.05, 0) is 25.3 Å². The summed E-state index contributed by atoms with van der Waals surface area (Å²) in [5, 5.41) is 14.8. The molecule has 1 aliphatic heterocycles. The molecule has 4 heteroatoms. The van der Waals surface area contributed by atoms with Gasteiger partial charge in [-0.1, -0.05) is 6.92 Å². The van der Waals surface area contributed by atoms with E-state index >= 15 is 0 Å². The predicted octanol–water partition coefficient (Wildman–Crippen LogP) is 1.67. The highest BCUT2D eigenvalue weighted by molar-refractivity contribution is 5.10. The summed E-state index contributed by atoms with van der Waals surface area (Å²) >= 11 is 0. The minimum absolute atomic E-state index is 0.185. The van der Waals surface area contributed by atoms with Gasteiger partial charge >= 0.3 is 0 Å². The summed E-state index contributed by atoms with van der Waals surface area (Å²) in [7, 11) is 1.90. The second-order valence-corrected chi connectivity index (χ2v) is 5.50. The van der Waals surface area contributed by atoms with Gasteiger partial charge in [0.15, 0.2) is 0 Å². The Morgan fingerprint density at radius 1 is 1.59 bits per heavy atom. The summed E-state index contributed by atoms with van der Waals surface area (Å²) in [5.41, 5.74) is 0.261. The van der Waals surface area contributed by atoms with E-state index in [9.17, 15) is 5.11 Å². The first-order chi connectivity index (χ1) is 7.95. The zero-order valence-corrected chi connectivity index (χ0v) is 10.9. The maximum atomic E-state index is 10.7. The van der Waals surface area contributed by atoms with E-state index in [1.54, 1.807) is 4.68 Å². The molecule has 4 nitrogen and oxygen atoms in total. The largest absolute Gasteiger partial charge is 0.389 e. The number of nitrogens with zero attached hydrogens (tertiary/aromatic N) is 2. The average Bonchev–Trinajstić information content (AvgIpc) is 2.63. The molecule has 2 rings (SSSR count). The van der Waals surface area contributed by atoms with E-state index in [0.29, 0.717) is 25.9 Å². The molecule has 2 unspecified atom stereocenters. The van der Waals surface area contributed by atoms with Crippen LogP contribution >= 0.6 is 0 Å². The molecule has 0 spiro atoms. The third kappa shape index (κ3) is 2.87. The van der Waals surface area contributed by atoms with Crippen molar-refractivity contribution in [2.24, 2.45) is 7.05 Å². The van der Waals surface area contributed by atoms with Crippen LogP contribution in [0.15, 0.2) is 12.4 Å². The highest BCUT2D eigenvalue weighted by atomic mass is 16.5. The minimum atomic E-state index is -0.647. The molecular formula is C13H22N2O2. The molecule has 2 atom stereocenters. The lowest BCUT2D eigenvalue weighted by Gasteiger charge is -2.43. The Kier molecular flexibility index (Phi) is 3.27. The van der Waals surface area contributed by atoms with Crippen LogP contribution in [0.3, 0.4) is 0 Å². The fourth-order valence-electron chi connectivity index (χ4n) is 2.64. The van der Waals surface area contributed by atoms with Crippen molar-refractivity contribution in [2.75, 3.05) is 6.61 Å². The molecule has 96 valence electrons. The number of hydrogen-bond donors (Lipinski definition) is 1. The Hall–Kier alpha value is -0.870. The molecule has 0 bridgehead atoms. The first-order valence-electron chi connectivity index (χ1n) is 6.29. The van der Waals surface area contributed by atoms with E-state index in [1.807, 2.05) is 19.4 Å². The second-order valence-electron chi connectivity index (χ2n) is 5.50. The van der Waals surface area contributed by atoms with Gasteiger partial charge in [0.25, 0.3) is 0 Å². The van der Waals surface area contributed by atoms with Gasteiger partial charge in [0.1, 0.15) is 0 Å². The van der Waals surface area contributed by atoms with Crippen LogP contribution < -0.4 is 0 Å². The molecule has 0 amide bonds. The maximum absolute atomic E-state index is 10.7. The van der Waals surface area contributed by atoms with Crippen molar-refractivity contribution < 1.29 is 9.84 Å². The van der Waals surface area contributed by atoms with E-state index in [0.717, 1.165) is 12.0 Å². The van der Waals surface area contributed by atoms with Gasteiger partial charge in [-0.15, -0.1) is 0 Å². The van der Waals surface area contributed by atoms with Gasteiger partial charge in [-0.3, -0.25) is 4.68 Å². The fraction of sp³-hybridized carbons (Fsp3) is 0.769. The van der Waals surface area contributed by atoms with Crippen LogP contribution in [0.1, 0.15) is 38.7 Å². The smallest absolute Gasteiger partial charge is 0.0738 e. The van der Waals surface area contributed by atoms with Crippen LogP contribution in [0.25, 0.3) is 0 Å². The zero-order valence-electron chi connectivity index (χ0n) is 10.9. The molecule has 0 aromatic carbocycles. The fourth-order valence-corrected chi connectivity index (χ4v) is 2.64. The molecule has 1 fully saturated rings. The van der Waals surface area contributed by atoms with Crippen LogP contribution in [0.4, 0.5) is 0 Å². The Labute approximate surface area is 103 Å². The summed E-state index contributed by atoms with van der Waals surface area (Å²) in [5.74, 6) is 0. The summed E-state index contributed by atoms with van der Waals surface area (Å²) in [4.78, 5) is 0. The highest BCUT2D eigenvalue weighted by Crippen LogP contribution is 2.36. The molecule has 1 N–H and O–H groups in total. The number of aryl methyl sites for hydroxylation is 1. The van der Waals surface area contributed by atoms with Crippen molar-refractivity contribution in [3.63, 3.8) is 0 Å². The molecule has 0 radical (unpaired) electrons. The Morgan fingerprint density at radius 3 is 2.94 bits per heavy atom. The molecule has 0 saturated carbocycles. The monoisotopic (exact) mass is 238 g/mol. The number of aromatic nitrogens is 2. The first kappa shape index (κ1) is 12.6. The lowest BCUT2D eigenvalue weighted by atomic mass is 9.79. The van der Waals surface area contributed by atoms with E-state index in [4.69, 9.17) is 4.74 Å². The SMILES string of the molecule is CCC1(C)CC(O)(Cc2cnn(C)c2)CCO1. The van der Waals surface area contributed by atoms with Gasteiger partial charge < -0.3 is 9.84 Å². The summed E-state index contributed by atoms with van der Waals surface area (Å²) < 4.78 is 7.55. The van der Waals surface area contributed by atoms with Crippen molar-refractivity contribution >= 4 is 0 Å². The van der Waals surface area contributed by atoms with Crippen LogP contribution in [0.5, 0.6) is 0 Å². The van der Waals surface area contributed by atoms with Gasteiger partial charge in [0, 0.05) is 26.1 Å². The van der Waals surface area contributed by atoms with Crippen molar-refractivity contribution in [3.8, 4) is 0 Å². The van der Waals surface area contributed by atoms with E-state index in [-0.39, 0.29) is 5.60 Å². The van der Waals surface area contributed by atoms with Crippen molar-refractivity contribution in [1.82, 2.24) is 9.78 Å². The Balaban J connectivity index is 2.08. The molecule has 0 aliphatic carbocycles. The number of hydrogen-bond acceptors (Lipinski definition) is 3. The molecule has 1 aliphatic rings. The van der Waals surface area contributed by atoms with Crippen LogP contribution in [0.2, 0.25) is 0 Å². The van der Waals surface area contributed by atoms with E-state index < -0.39 is 5.60 Å². The second kappa shape index (κ2) is 4.42. The zero-order chi connectivity index (χ0) is 12.5. The van der Waals surface area contributed by atoms with E-state index in [2.05, 4.69) is 18.9 Å². The van der Waals surface area contributed by atoms with Crippen LogP contribution in [0, 0.1) is 0 Å². The summed E-state index contributed by atoms with van der Waals surface area (Å²) in [6, 6.07) is 0. The standard InChI is InChI=1S/C13H22N2O2/c1-4-12(2)10-13(16,5-6-17-12)7-11-8-14-15(3)9-11/h8-9,16H,4-7,10H2,1-3H3. The average molecular weight is 238 g/mol. The number of rotatable bonds is 3. The molecule has 1 aromatic heterocycles. The molecule has 1 saturated heterocycles. The first-order valence-corrected chi connectivity index (χ1v) is 6.29. The molecule has 17 heavy (non-hydrogen) atoms. The third-order valence-electron chi connectivity index (χ3n) is 3.76. The highest BCUT2D eigenvalue weighted by Gasteiger charge is 2.41. The van der Waals surface area contributed by atoms with E-state index in [1.165, 1.54) is 0 Å². The van der Waals surface area contributed by atoms with Crippen molar-refractivity contribution in [2.45, 2.75) is 50.7 Å². The maximum Gasteiger partial charge on any atom is 0.0738 e. The molecular weight excluding hydrogens is 216 g/mol. The van der Waals surface area contributed by atoms with Gasteiger partial charge in [0.05, 0.1) is 24.0 Å². The number of ether oxygens (including phenoxy) is 1. The molecule has 2 heterocycles. The number of aliphatic hydroxyl groups is 1. The van der Waals surface area contributed by atoms with Gasteiger partial charge in [-0.2, -0.15) is 5.10 Å². The normalized spacial score (nSPS) is 33.9. The third-order valence-corrected chi connectivity index (χ3v) is 3.76. The summed E-state index contributed by atoms with van der Waals surface area (Å²) in [6.45, 7) is 4.83. The van der Waals surface area contributed by atoms with Crippen molar-refractivity contribution in [3.05, 3.63) is 18.0 Å².